The zero-order chi connectivity index (χ0) is 23.2. The van der Waals surface area contributed by atoms with Crippen LogP contribution in [0.15, 0.2) is 72.9 Å². The van der Waals surface area contributed by atoms with Crippen LogP contribution in [-0.2, 0) is 0 Å². The number of benzene rings is 3. The molecule has 0 aliphatic carbocycles. The van der Waals surface area contributed by atoms with Crippen LogP contribution in [0.4, 0.5) is 8.78 Å². The first-order valence-corrected chi connectivity index (χ1v) is 12.4. The Balaban J connectivity index is 1.59. The second kappa shape index (κ2) is 8.30. The summed E-state index contributed by atoms with van der Waals surface area (Å²) in [5, 5.41) is 3.62. The van der Waals surface area contributed by atoms with Crippen molar-refractivity contribution in [2.45, 2.75) is 12.5 Å². The molecule has 3 aromatic carbocycles. The third kappa shape index (κ3) is 4.25. The van der Waals surface area contributed by atoms with Crippen molar-refractivity contribution in [3.05, 3.63) is 90.1 Å². The molecule has 33 heavy (non-hydrogen) atoms. The first-order valence-electron chi connectivity index (χ1n) is 10.5. The van der Waals surface area contributed by atoms with E-state index in [-0.39, 0.29) is 35.1 Å². The second-order valence-corrected chi connectivity index (χ2v) is 10.6. The van der Waals surface area contributed by atoms with E-state index in [0.29, 0.717) is 34.3 Å². The molecule has 0 bridgehead atoms. The number of halogens is 2. The number of nitrogens with one attached hydrogen (secondary N) is 1. The molecule has 5 rings (SSSR count). The van der Waals surface area contributed by atoms with Gasteiger partial charge in [0.1, 0.15) is 11.6 Å². The average molecular weight is 469 g/mol. The monoisotopic (exact) mass is 468 g/mol. The lowest BCUT2D eigenvalue weighted by Gasteiger charge is -2.26. The largest absolute Gasteiger partial charge is 0.348 e. The van der Waals surface area contributed by atoms with E-state index in [9.17, 15) is 22.7 Å². The summed E-state index contributed by atoms with van der Waals surface area (Å²) < 4.78 is 49.6. The van der Waals surface area contributed by atoms with Gasteiger partial charge in [0.2, 0.25) is 0 Å². The van der Waals surface area contributed by atoms with E-state index in [1.807, 2.05) is 0 Å². The number of carbonyl (C=O) groups excluding carboxylic acids is 1. The highest BCUT2D eigenvalue weighted by atomic mass is 32.3. The van der Waals surface area contributed by atoms with Crippen molar-refractivity contribution < 1.29 is 22.7 Å². The normalized spacial score (nSPS) is 18.4. The summed E-state index contributed by atoms with van der Waals surface area (Å²) >= 11 is 0. The van der Waals surface area contributed by atoms with Crippen LogP contribution in [0.5, 0.6) is 0 Å². The minimum atomic E-state index is -2.62. The van der Waals surface area contributed by atoms with Crippen LogP contribution in [0.25, 0.3) is 27.7 Å². The quantitative estimate of drug-likeness (QED) is 0.353. The molecule has 0 radical (unpaired) electrons. The zero-order valence-electron chi connectivity index (χ0n) is 17.5. The molecule has 0 saturated carbocycles. The zero-order valence-corrected chi connectivity index (χ0v) is 18.4. The second-order valence-electron chi connectivity index (χ2n) is 8.23. The summed E-state index contributed by atoms with van der Waals surface area (Å²) in [7, 11) is -2.62. The minimum absolute atomic E-state index is 0.157. The molecule has 5 nitrogen and oxygen atoms in total. The van der Waals surface area contributed by atoms with Gasteiger partial charge < -0.3 is 9.88 Å². The van der Waals surface area contributed by atoms with Crippen molar-refractivity contribution in [1.29, 1.82) is 0 Å². The molecule has 1 amide bonds. The summed E-state index contributed by atoms with van der Waals surface area (Å²) in [6, 6.07) is 17.3. The molecule has 1 saturated heterocycles. The number of aromatic nitrogens is 1. The van der Waals surface area contributed by atoms with Gasteiger partial charge >= 0.3 is 0 Å². The maximum atomic E-state index is 14.6. The molecule has 0 spiro atoms. The van der Waals surface area contributed by atoms with Crippen LogP contribution < -0.4 is 5.32 Å². The number of fused-ring (bicyclic) bond motifs is 1. The van der Waals surface area contributed by atoms with Crippen molar-refractivity contribution in [3.8, 4) is 16.8 Å². The fraction of sp³-hybridized carbons (Fsp3) is 0.160. The Hall–Kier alpha value is -3.20. The lowest BCUT2D eigenvalue weighted by atomic mass is 10.0. The first kappa shape index (κ1) is 21.6. The standard InChI is InChI=1S/C25H22F2N2O3S/c26-17-6-8-19(9-7-17)29-14-22(20-3-1-2-4-23(20)27)21-10-5-16(13-24(21)29)25(30)28-18-11-12-33(31,32)15-18/h1-10,13-14,18,31-32H,11-12,15H2,(H,28,30). The number of rotatable bonds is 4. The molecular weight excluding hydrogens is 446 g/mol. The molecule has 1 aromatic heterocycles. The third-order valence-corrected chi connectivity index (χ3v) is 7.76. The highest BCUT2D eigenvalue weighted by Crippen LogP contribution is 2.45. The smallest absolute Gasteiger partial charge is 0.251 e. The molecule has 8 heteroatoms. The van der Waals surface area contributed by atoms with Crippen molar-refractivity contribution in [3.63, 3.8) is 0 Å². The van der Waals surface area contributed by atoms with E-state index in [0.717, 1.165) is 5.39 Å². The highest BCUT2D eigenvalue weighted by molar-refractivity contribution is 8.24. The molecule has 1 aliphatic heterocycles. The Labute approximate surface area is 191 Å². The molecule has 170 valence electrons. The van der Waals surface area contributed by atoms with Gasteiger partial charge in [-0.1, -0.05) is 24.3 Å². The summed E-state index contributed by atoms with van der Waals surface area (Å²) in [5.74, 6) is -0.607. The molecule has 3 N–H and O–H groups in total. The minimum Gasteiger partial charge on any atom is -0.348 e. The van der Waals surface area contributed by atoms with Gasteiger partial charge in [-0.05, 0) is 48.9 Å². The van der Waals surface area contributed by atoms with Gasteiger partial charge in [-0.2, -0.15) is 10.6 Å². The van der Waals surface area contributed by atoms with Crippen molar-refractivity contribution >= 4 is 27.4 Å². The van der Waals surface area contributed by atoms with Crippen molar-refractivity contribution in [2.75, 3.05) is 11.5 Å². The van der Waals surface area contributed by atoms with Crippen LogP contribution in [0.2, 0.25) is 0 Å². The van der Waals surface area contributed by atoms with E-state index in [2.05, 4.69) is 5.32 Å². The van der Waals surface area contributed by atoms with Crippen molar-refractivity contribution in [2.24, 2.45) is 0 Å². The van der Waals surface area contributed by atoms with Crippen LogP contribution in [0.1, 0.15) is 16.8 Å². The molecule has 1 fully saturated rings. The van der Waals surface area contributed by atoms with Gasteiger partial charge in [-0.3, -0.25) is 13.9 Å². The van der Waals surface area contributed by atoms with E-state index in [1.165, 1.54) is 18.2 Å². The number of hydrogen-bond acceptors (Lipinski definition) is 3. The van der Waals surface area contributed by atoms with Crippen LogP contribution in [0, 0.1) is 11.6 Å². The van der Waals surface area contributed by atoms with E-state index < -0.39 is 10.6 Å². The van der Waals surface area contributed by atoms with Crippen LogP contribution >= 0.6 is 10.6 Å². The fourth-order valence-electron chi connectivity index (χ4n) is 4.28. The van der Waals surface area contributed by atoms with E-state index in [1.54, 1.807) is 59.3 Å². The summed E-state index contributed by atoms with van der Waals surface area (Å²) in [5.41, 5.74) is 2.82. The maximum absolute atomic E-state index is 14.6. The van der Waals surface area contributed by atoms with Gasteiger partial charge in [0.25, 0.3) is 5.91 Å². The lowest BCUT2D eigenvalue weighted by Crippen LogP contribution is -2.35. The van der Waals surface area contributed by atoms with Gasteiger partial charge in [0.15, 0.2) is 0 Å². The number of hydrogen-bond donors (Lipinski definition) is 3. The van der Waals surface area contributed by atoms with Crippen LogP contribution in [0.3, 0.4) is 0 Å². The lowest BCUT2D eigenvalue weighted by molar-refractivity contribution is 0.0941. The Kier molecular flexibility index (Phi) is 5.44. The van der Waals surface area contributed by atoms with Crippen LogP contribution in [-0.4, -0.2) is 37.1 Å². The van der Waals surface area contributed by atoms with Gasteiger partial charge in [0, 0.05) is 45.8 Å². The topological polar surface area (TPSA) is 74.5 Å². The summed E-state index contributed by atoms with van der Waals surface area (Å²) in [4.78, 5) is 12.9. The van der Waals surface area contributed by atoms with E-state index >= 15 is 0 Å². The molecule has 2 heterocycles. The Bertz CT molecular complexity index is 1350. The molecule has 4 aromatic rings. The number of nitrogens with zero attached hydrogens (tertiary/aromatic N) is 1. The number of carbonyl (C=O) groups is 1. The Morgan fingerprint density at radius 1 is 1.00 bits per heavy atom. The van der Waals surface area contributed by atoms with Crippen molar-refractivity contribution in [1.82, 2.24) is 9.88 Å². The SMILES string of the molecule is O=C(NC1CCS(O)(O)C1)c1ccc2c(-c3ccccc3F)cn(-c3ccc(F)cc3)c2c1. The van der Waals surface area contributed by atoms with E-state index in [4.69, 9.17) is 0 Å². The molecule has 1 atom stereocenters. The molecular formula is C25H22F2N2O3S. The number of amides is 1. The van der Waals surface area contributed by atoms with Gasteiger partial charge in [-0.25, -0.2) is 8.78 Å². The summed E-state index contributed by atoms with van der Waals surface area (Å²) in [6.45, 7) is 0. The Morgan fingerprint density at radius 3 is 2.45 bits per heavy atom. The van der Waals surface area contributed by atoms with Gasteiger partial charge in [-0.15, -0.1) is 0 Å². The predicted octanol–water partition coefficient (Wildman–Crippen LogP) is 5.83. The molecule has 1 unspecified atom stereocenters. The highest BCUT2D eigenvalue weighted by Gasteiger charge is 2.29. The summed E-state index contributed by atoms with van der Waals surface area (Å²) in [6.07, 6.45) is 2.30. The first-order chi connectivity index (χ1) is 15.8. The maximum Gasteiger partial charge on any atom is 0.251 e. The average Bonchev–Trinajstić information content (AvgIpc) is 3.33. The van der Waals surface area contributed by atoms with Gasteiger partial charge in [0.05, 0.1) is 11.3 Å². The molecule has 1 aliphatic rings. The Morgan fingerprint density at radius 2 is 1.76 bits per heavy atom. The fourth-order valence-corrected chi connectivity index (χ4v) is 6.00. The third-order valence-electron chi connectivity index (χ3n) is 5.93. The predicted molar refractivity (Wildman–Crippen MR) is 127 cm³/mol.